The average molecular weight is 217 g/mol. The minimum Gasteiger partial charge on any atom is -0.467 e. The van der Waals surface area contributed by atoms with E-state index in [1.807, 2.05) is 6.92 Å². The molecule has 3 unspecified atom stereocenters. The topological polar surface area (TPSA) is 58.6 Å². The number of ether oxygens (including phenoxy) is 1. The second-order valence-electron chi connectivity index (χ2n) is 4.32. The molecule has 0 aromatic heterocycles. The number of hydrogen-bond donors (Lipinski definition) is 2. The highest BCUT2D eigenvalue weighted by Crippen LogP contribution is 2.09. The van der Waals surface area contributed by atoms with Gasteiger partial charge < -0.3 is 15.2 Å². The van der Waals surface area contributed by atoms with Crippen LogP contribution >= 0.6 is 0 Å². The summed E-state index contributed by atoms with van der Waals surface area (Å²) in [6, 6.07) is 0.270. The second kappa shape index (κ2) is 6.08. The fraction of sp³-hybridized carbons (Fsp3) is 0.909. The Labute approximate surface area is 92.0 Å². The number of methoxy groups -OCH3 is 1. The molecule has 0 aromatic carbocycles. The van der Waals surface area contributed by atoms with Crippen molar-refractivity contribution in [3.63, 3.8) is 0 Å². The Hall–Kier alpha value is -0.610. The summed E-state index contributed by atoms with van der Waals surface area (Å²) in [7, 11) is 1.27. The van der Waals surface area contributed by atoms with E-state index in [1.54, 1.807) is 0 Å². The van der Waals surface area contributed by atoms with Gasteiger partial charge in [-0.05, 0) is 19.8 Å². The fourth-order valence-corrected chi connectivity index (χ4v) is 1.21. The van der Waals surface area contributed by atoms with Crippen molar-refractivity contribution in [2.45, 2.75) is 45.8 Å². The molecular weight excluding hydrogens is 194 g/mol. The van der Waals surface area contributed by atoms with E-state index in [4.69, 9.17) is 0 Å². The zero-order chi connectivity index (χ0) is 12.1. The number of nitrogens with one attached hydrogen (secondary N) is 1. The summed E-state index contributed by atoms with van der Waals surface area (Å²) in [5, 5.41) is 12.9. The van der Waals surface area contributed by atoms with Crippen LogP contribution in [0.25, 0.3) is 0 Å². The van der Waals surface area contributed by atoms with E-state index in [1.165, 1.54) is 14.0 Å². The monoisotopic (exact) mass is 217 g/mol. The summed E-state index contributed by atoms with van der Waals surface area (Å²) in [4.78, 5) is 11.2. The van der Waals surface area contributed by atoms with Gasteiger partial charge in [-0.1, -0.05) is 20.3 Å². The zero-order valence-corrected chi connectivity index (χ0v) is 10.3. The van der Waals surface area contributed by atoms with Crippen LogP contribution in [-0.4, -0.2) is 36.4 Å². The molecule has 0 aromatic rings. The highest BCUT2D eigenvalue weighted by molar-refractivity contribution is 5.78. The van der Waals surface area contributed by atoms with Crippen molar-refractivity contribution in [2.24, 2.45) is 5.92 Å². The first-order valence-electron chi connectivity index (χ1n) is 5.39. The highest BCUT2D eigenvalue weighted by Gasteiger charge is 2.31. The standard InChI is InChI=1S/C11H23NO3/c1-6-8(2)9(3)12-7-11(4,14)10(13)15-5/h8-9,12,14H,6-7H2,1-5H3. The summed E-state index contributed by atoms with van der Waals surface area (Å²) >= 11 is 0. The molecule has 0 amide bonds. The maximum Gasteiger partial charge on any atom is 0.338 e. The number of rotatable bonds is 6. The third-order valence-corrected chi connectivity index (χ3v) is 2.89. The van der Waals surface area contributed by atoms with Gasteiger partial charge in [-0.25, -0.2) is 4.79 Å². The van der Waals surface area contributed by atoms with Crippen molar-refractivity contribution < 1.29 is 14.6 Å². The summed E-state index contributed by atoms with van der Waals surface area (Å²) in [6.45, 7) is 7.95. The first kappa shape index (κ1) is 14.4. The molecule has 0 heterocycles. The first-order valence-corrected chi connectivity index (χ1v) is 5.39. The molecule has 0 aliphatic rings. The van der Waals surface area contributed by atoms with Gasteiger partial charge in [0.1, 0.15) is 0 Å². The molecule has 2 N–H and O–H groups in total. The van der Waals surface area contributed by atoms with Gasteiger partial charge in [-0.2, -0.15) is 0 Å². The van der Waals surface area contributed by atoms with Crippen LogP contribution < -0.4 is 5.32 Å². The lowest BCUT2D eigenvalue weighted by molar-refractivity contribution is -0.160. The Balaban J connectivity index is 4.08. The van der Waals surface area contributed by atoms with Crippen LogP contribution in [0, 0.1) is 5.92 Å². The summed E-state index contributed by atoms with van der Waals surface area (Å²) in [6.07, 6.45) is 1.06. The van der Waals surface area contributed by atoms with Crippen LogP contribution in [0.5, 0.6) is 0 Å². The number of aliphatic hydroxyl groups is 1. The highest BCUT2D eigenvalue weighted by atomic mass is 16.5. The molecule has 0 saturated carbocycles. The maximum absolute atomic E-state index is 11.2. The second-order valence-corrected chi connectivity index (χ2v) is 4.32. The third-order valence-electron chi connectivity index (χ3n) is 2.89. The quantitative estimate of drug-likeness (QED) is 0.650. The molecule has 4 heteroatoms. The Kier molecular flexibility index (Phi) is 5.83. The number of carbonyl (C=O) groups excluding carboxylic acids is 1. The van der Waals surface area contributed by atoms with Gasteiger partial charge >= 0.3 is 5.97 Å². The van der Waals surface area contributed by atoms with Gasteiger partial charge in [-0.15, -0.1) is 0 Å². The van der Waals surface area contributed by atoms with Crippen molar-refractivity contribution in [2.75, 3.05) is 13.7 Å². The predicted octanol–water partition coefficient (Wildman–Crippen LogP) is 0.935. The summed E-state index contributed by atoms with van der Waals surface area (Å²) < 4.78 is 4.51. The van der Waals surface area contributed by atoms with E-state index in [9.17, 15) is 9.90 Å². The van der Waals surface area contributed by atoms with E-state index < -0.39 is 11.6 Å². The SMILES string of the molecule is CCC(C)C(C)NCC(C)(O)C(=O)OC. The largest absolute Gasteiger partial charge is 0.467 e. The third kappa shape index (κ3) is 4.62. The van der Waals surface area contributed by atoms with Gasteiger partial charge in [0.15, 0.2) is 5.60 Å². The molecule has 0 spiro atoms. The van der Waals surface area contributed by atoms with E-state index in [2.05, 4.69) is 23.9 Å². The van der Waals surface area contributed by atoms with Crippen LogP contribution in [0.3, 0.4) is 0 Å². The van der Waals surface area contributed by atoms with Crippen LogP contribution in [0.15, 0.2) is 0 Å². The van der Waals surface area contributed by atoms with Crippen molar-refractivity contribution in [1.82, 2.24) is 5.32 Å². The van der Waals surface area contributed by atoms with Crippen molar-refractivity contribution in [3.05, 3.63) is 0 Å². The lowest BCUT2D eigenvalue weighted by Gasteiger charge is -2.26. The molecule has 90 valence electrons. The van der Waals surface area contributed by atoms with Gasteiger partial charge in [0, 0.05) is 12.6 Å². The summed E-state index contributed by atoms with van der Waals surface area (Å²) in [5.41, 5.74) is -1.45. The van der Waals surface area contributed by atoms with E-state index in [-0.39, 0.29) is 12.6 Å². The Morgan fingerprint density at radius 2 is 2.07 bits per heavy atom. The predicted molar refractivity (Wildman–Crippen MR) is 59.6 cm³/mol. The van der Waals surface area contributed by atoms with Gasteiger partial charge in [0.2, 0.25) is 0 Å². The molecular formula is C11H23NO3. The molecule has 0 radical (unpaired) electrons. The lowest BCUT2D eigenvalue weighted by atomic mass is 9.99. The normalized spacial score (nSPS) is 19.1. The Morgan fingerprint density at radius 3 is 2.47 bits per heavy atom. The molecule has 0 aliphatic carbocycles. The molecule has 3 atom stereocenters. The van der Waals surface area contributed by atoms with Crippen molar-refractivity contribution >= 4 is 5.97 Å². The van der Waals surface area contributed by atoms with Gasteiger partial charge in [-0.3, -0.25) is 0 Å². The number of esters is 1. The van der Waals surface area contributed by atoms with Crippen molar-refractivity contribution in [1.29, 1.82) is 0 Å². The van der Waals surface area contributed by atoms with E-state index in [0.717, 1.165) is 6.42 Å². The molecule has 0 bridgehead atoms. The molecule has 0 aliphatic heterocycles. The number of hydrogen-bond acceptors (Lipinski definition) is 4. The minimum atomic E-state index is -1.45. The fourth-order valence-electron chi connectivity index (χ4n) is 1.21. The minimum absolute atomic E-state index is 0.213. The smallest absolute Gasteiger partial charge is 0.338 e. The van der Waals surface area contributed by atoms with Crippen molar-refractivity contribution in [3.8, 4) is 0 Å². The van der Waals surface area contributed by atoms with Crippen LogP contribution in [0.1, 0.15) is 34.1 Å². The van der Waals surface area contributed by atoms with E-state index in [0.29, 0.717) is 5.92 Å². The summed E-state index contributed by atoms with van der Waals surface area (Å²) in [5.74, 6) is -0.0928. The van der Waals surface area contributed by atoms with Gasteiger partial charge in [0.25, 0.3) is 0 Å². The molecule has 15 heavy (non-hydrogen) atoms. The Morgan fingerprint density at radius 1 is 1.53 bits per heavy atom. The molecule has 0 rings (SSSR count). The zero-order valence-electron chi connectivity index (χ0n) is 10.3. The lowest BCUT2D eigenvalue weighted by Crippen LogP contribution is -2.49. The van der Waals surface area contributed by atoms with Crippen LogP contribution in [0.2, 0.25) is 0 Å². The molecule has 0 saturated heterocycles. The molecule has 0 fully saturated rings. The number of carbonyl (C=O) groups is 1. The Bertz CT molecular complexity index is 204. The van der Waals surface area contributed by atoms with E-state index >= 15 is 0 Å². The van der Waals surface area contributed by atoms with Crippen LogP contribution in [0.4, 0.5) is 0 Å². The van der Waals surface area contributed by atoms with Crippen LogP contribution in [-0.2, 0) is 9.53 Å². The van der Waals surface area contributed by atoms with Gasteiger partial charge in [0.05, 0.1) is 7.11 Å². The first-order chi connectivity index (χ1) is 6.85. The average Bonchev–Trinajstić information content (AvgIpc) is 2.23. The maximum atomic E-state index is 11.2. The molecule has 4 nitrogen and oxygen atoms in total.